The third-order valence-corrected chi connectivity index (χ3v) is 4.92. The van der Waals surface area contributed by atoms with Crippen LogP contribution in [-0.4, -0.2) is 8.42 Å². The molecule has 0 amide bonds. The Bertz CT molecular complexity index is 745. The molecule has 0 atom stereocenters. The van der Waals surface area contributed by atoms with E-state index >= 15 is 0 Å². The molecule has 0 spiro atoms. The van der Waals surface area contributed by atoms with Crippen molar-refractivity contribution in [2.75, 3.05) is 4.72 Å². The molecule has 0 saturated heterocycles. The van der Waals surface area contributed by atoms with Crippen molar-refractivity contribution in [2.24, 2.45) is 0 Å². The molecule has 0 aliphatic carbocycles. The standard InChI is InChI=1S/C12H7Cl3FNO2S/c13-7-4-5-11(10(16)6-7)17-20(18,19)12-8(14)2-1-3-9(12)15/h1-6,17H. The molecule has 1 N–H and O–H groups in total. The summed E-state index contributed by atoms with van der Waals surface area (Å²) < 4.78 is 40.1. The Kier molecular flexibility index (Phi) is 4.44. The second-order valence-electron chi connectivity index (χ2n) is 3.78. The van der Waals surface area contributed by atoms with Crippen LogP contribution in [0.5, 0.6) is 0 Å². The molecule has 0 heterocycles. The lowest BCUT2D eigenvalue weighted by Crippen LogP contribution is -2.15. The summed E-state index contributed by atoms with van der Waals surface area (Å²) in [6, 6.07) is 7.82. The minimum Gasteiger partial charge on any atom is -0.277 e. The van der Waals surface area contributed by atoms with E-state index in [0.29, 0.717) is 0 Å². The molecule has 0 aliphatic rings. The summed E-state index contributed by atoms with van der Waals surface area (Å²) in [5.41, 5.74) is -0.245. The van der Waals surface area contributed by atoms with Gasteiger partial charge in [0.2, 0.25) is 0 Å². The van der Waals surface area contributed by atoms with Crippen molar-refractivity contribution in [2.45, 2.75) is 4.90 Å². The van der Waals surface area contributed by atoms with Crippen LogP contribution in [0.25, 0.3) is 0 Å². The summed E-state index contributed by atoms with van der Waals surface area (Å²) in [5, 5.41) is 0.0416. The minimum absolute atomic E-state index is 0.0561. The Morgan fingerprint density at radius 1 is 1.00 bits per heavy atom. The molecule has 2 aromatic carbocycles. The van der Waals surface area contributed by atoms with Gasteiger partial charge in [-0.15, -0.1) is 0 Å². The Hall–Kier alpha value is -1.01. The van der Waals surface area contributed by atoms with Gasteiger partial charge in [-0.25, -0.2) is 12.8 Å². The van der Waals surface area contributed by atoms with Crippen molar-refractivity contribution >= 4 is 50.5 Å². The van der Waals surface area contributed by atoms with Crippen molar-refractivity contribution in [3.05, 3.63) is 57.3 Å². The molecule has 0 saturated carbocycles. The zero-order chi connectivity index (χ0) is 14.9. The number of benzene rings is 2. The maximum absolute atomic E-state index is 13.6. The van der Waals surface area contributed by atoms with Gasteiger partial charge < -0.3 is 0 Å². The summed E-state index contributed by atoms with van der Waals surface area (Å²) in [7, 11) is -4.11. The van der Waals surface area contributed by atoms with E-state index in [-0.39, 0.29) is 25.7 Å². The summed E-state index contributed by atoms with van der Waals surface area (Å²) in [6.45, 7) is 0. The Balaban J connectivity index is 2.46. The van der Waals surface area contributed by atoms with E-state index in [9.17, 15) is 12.8 Å². The number of nitrogens with one attached hydrogen (secondary N) is 1. The summed E-state index contributed by atoms with van der Waals surface area (Å²) >= 11 is 17.2. The molecule has 106 valence electrons. The zero-order valence-electron chi connectivity index (χ0n) is 9.70. The van der Waals surface area contributed by atoms with Gasteiger partial charge in [0.1, 0.15) is 10.7 Å². The van der Waals surface area contributed by atoms with Gasteiger partial charge in [-0.1, -0.05) is 40.9 Å². The largest absolute Gasteiger partial charge is 0.277 e. The highest BCUT2D eigenvalue weighted by Gasteiger charge is 2.22. The normalized spacial score (nSPS) is 11.4. The predicted octanol–water partition coefficient (Wildman–Crippen LogP) is 4.59. The predicted molar refractivity (Wildman–Crippen MR) is 78.7 cm³/mol. The first-order valence-electron chi connectivity index (χ1n) is 5.23. The first kappa shape index (κ1) is 15.4. The molecule has 0 fully saturated rings. The second kappa shape index (κ2) is 5.77. The van der Waals surface area contributed by atoms with Gasteiger partial charge in [0.05, 0.1) is 15.7 Å². The van der Waals surface area contributed by atoms with Crippen molar-refractivity contribution < 1.29 is 12.8 Å². The quantitative estimate of drug-likeness (QED) is 0.876. The van der Waals surface area contributed by atoms with Crippen LogP contribution >= 0.6 is 34.8 Å². The van der Waals surface area contributed by atoms with Crippen molar-refractivity contribution in [1.82, 2.24) is 0 Å². The van der Waals surface area contributed by atoms with Crippen molar-refractivity contribution in [1.29, 1.82) is 0 Å². The first-order chi connectivity index (χ1) is 9.31. The zero-order valence-corrected chi connectivity index (χ0v) is 12.8. The van der Waals surface area contributed by atoms with Crippen LogP contribution in [0.2, 0.25) is 15.1 Å². The molecule has 0 bridgehead atoms. The number of hydrogen-bond donors (Lipinski definition) is 1. The molecule has 8 heteroatoms. The lowest BCUT2D eigenvalue weighted by Gasteiger charge is -2.11. The number of anilines is 1. The van der Waals surface area contributed by atoms with E-state index in [4.69, 9.17) is 34.8 Å². The van der Waals surface area contributed by atoms with E-state index < -0.39 is 15.8 Å². The van der Waals surface area contributed by atoms with Gasteiger partial charge in [0, 0.05) is 5.02 Å². The van der Waals surface area contributed by atoms with Gasteiger partial charge in [0.25, 0.3) is 10.0 Å². The number of halogens is 4. The first-order valence-corrected chi connectivity index (χ1v) is 7.85. The van der Waals surface area contributed by atoms with E-state index in [1.165, 1.54) is 30.3 Å². The van der Waals surface area contributed by atoms with Crippen LogP contribution < -0.4 is 4.72 Å². The van der Waals surface area contributed by atoms with E-state index in [0.717, 1.165) is 6.07 Å². The monoisotopic (exact) mass is 353 g/mol. The average Bonchev–Trinajstić information content (AvgIpc) is 2.32. The topological polar surface area (TPSA) is 46.2 Å². The SMILES string of the molecule is O=S(=O)(Nc1ccc(Cl)cc1F)c1c(Cl)cccc1Cl. The van der Waals surface area contributed by atoms with Crippen LogP contribution in [-0.2, 0) is 10.0 Å². The van der Waals surface area contributed by atoms with Gasteiger partial charge in [0.15, 0.2) is 0 Å². The Labute approximate surface area is 130 Å². The van der Waals surface area contributed by atoms with Gasteiger partial charge in [-0.2, -0.15) is 0 Å². The molecular weight excluding hydrogens is 348 g/mol. The number of hydrogen-bond acceptors (Lipinski definition) is 2. The van der Waals surface area contributed by atoms with Crippen molar-refractivity contribution in [3.63, 3.8) is 0 Å². The Morgan fingerprint density at radius 3 is 2.15 bits per heavy atom. The fourth-order valence-electron chi connectivity index (χ4n) is 1.51. The smallest absolute Gasteiger partial charge is 0.264 e. The summed E-state index contributed by atoms with van der Waals surface area (Å²) in [5.74, 6) is -0.802. The van der Waals surface area contributed by atoms with Gasteiger partial charge >= 0.3 is 0 Å². The van der Waals surface area contributed by atoms with E-state index in [1.807, 2.05) is 0 Å². The number of sulfonamides is 1. The van der Waals surface area contributed by atoms with Crippen LogP contribution in [0.4, 0.5) is 10.1 Å². The Morgan fingerprint density at radius 2 is 1.60 bits per heavy atom. The lowest BCUT2D eigenvalue weighted by atomic mass is 10.3. The summed E-state index contributed by atoms with van der Waals surface area (Å²) in [6.07, 6.45) is 0. The maximum Gasteiger partial charge on any atom is 0.264 e. The third kappa shape index (κ3) is 3.17. The highest BCUT2D eigenvalue weighted by molar-refractivity contribution is 7.93. The lowest BCUT2D eigenvalue weighted by molar-refractivity contribution is 0.598. The molecular formula is C12H7Cl3FNO2S. The van der Waals surface area contributed by atoms with Gasteiger partial charge in [-0.3, -0.25) is 4.72 Å². The fourth-order valence-corrected chi connectivity index (χ4v) is 3.88. The molecule has 0 aromatic heterocycles. The molecule has 20 heavy (non-hydrogen) atoms. The van der Waals surface area contributed by atoms with E-state index in [2.05, 4.69) is 4.72 Å². The van der Waals surface area contributed by atoms with Crippen LogP contribution in [0.15, 0.2) is 41.3 Å². The summed E-state index contributed by atoms with van der Waals surface area (Å²) in [4.78, 5) is -0.308. The molecule has 2 rings (SSSR count). The van der Waals surface area contributed by atoms with Crippen LogP contribution in [0.1, 0.15) is 0 Å². The highest BCUT2D eigenvalue weighted by Crippen LogP contribution is 2.31. The second-order valence-corrected chi connectivity index (χ2v) is 6.65. The average molecular weight is 355 g/mol. The molecule has 3 nitrogen and oxygen atoms in total. The van der Waals surface area contributed by atoms with Gasteiger partial charge in [-0.05, 0) is 30.3 Å². The van der Waals surface area contributed by atoms with Crippen LogP contribution in [0, 0.1) is 5.82 Å². The highest BCUT2D eigenvalue weighted by atomic mass is 35.5. The maximum atomic E-state index is 13.6. The third-order valence-electron chi connectivity index (χ3n) is 2.36. The molecule has 0 radical (unpaired) electrons. The number of rotatable bonds is 3. The minimum atomic E-state index is -4.11. The molecule has 0 aliphatic heterocycles. The molecule has 2 aromatic rings. The molecule has 0 unspecified atom stereocenters. The van der Waals surface area contributed by atoms with E-state index in [1.54, 1.807) is 0 Å². The van der Waals surface area contributed by atoms with Crippen LogP contribution in [0.3, 0.4) is 0 Å². The fraction of sp³-hybridized carbons (Fsp3) is 0. The van der Waals surface area contributed by atoms with Crippen molar-refractivity contribution in [3.8, 4) is 0 Å².